The molecule has 0 aliphatic carbocycles. The van der Waals surface area contributed by atoms with Gasteiger partial charge in [-0.25, -0.2) is 0 Å². The predicted octanol–water partition coefficient (Wildman–Crippen LogP) is 4.07. The second-order valence-corrected chi connectivity index (χ2v) is 8.15. The number of aliphatic hydroxyl groups is 2. The molecule has 170 valence electrons. The van der Waals surface area contributed by atoms with Crippen molar-refractivity contribution in [3.05, 3.63) is 42.7 Å². The van der Waals surface area contributed by atoms with Gasteiger partial charge in [-0.3, -0.25) is 4.79 Å². The molecule has 0 unspecified atom stereocenters. The molecule has 0 saturated carbocycles. The molecule has 1 aromatic heterocycles. The van der Waals surface area contributed by atoms with Gasteiger partial charge in [0.1, 0.15) is 0 Å². The minimum atomic E-state index is -0.882. The van der Waals surface area contributed by atoms with E-state index < -0.39 is 12.1 Å². The van der Waals surface area contributed by atoms with Crippen LogP contribution in [0.1, 0.15) is 84.0 Å². The molecule has 5 nitrogen and oxygen atoms in total. The molecule has 0 aromatic carbocycles. The van der Waals surface area contributed by atoms with Crippen LogP contribution in [-0.2, 0) is 11.3 Å². The molecule has 5 heteroatoms. The number of amides is 1. The second kappa shape index (κ2) is 18.1. The number of nitrogens with zero attached hydrogens (tertiary/aromatic N) is 1. The first kappa shape index (κ1) is 26.3. The Morgan fingerprint density at radius 3 is 2.07 bits per heavy atom. The number of allylic oxidation sites excluding steroid dienone is 1. The summed E-state index contributed by atoms with van der Waals surface area (Å²) in [5.41, 5.74) is 0. The molecule has 3 N–H and O–H groups in total. The lowest BCUT2D eigenvalue weighted by Crippen LogP contribution is -2.50. The van der Waals surface area contributed by atoms with Gasteiger partial charge in [0.25, 0.3) is 5.91 Å². The Morgan fingerprint density at radius 1 is 0.933 bits per heavy atom. The van der Waals surface area contributed by atoms with Crippen LogP contribution >= 0.6 is 0 Å². The van der Waals surface area contributed by atoms with E-state index in [1.54, 1.807) is 23.0 Å². The van der Waals surface area contributed by atoms with Crippen LogP contribution in [0.25, 0.3) is 0 Å². The lowest BCUT2D eigenvalue weighted by molar-refractivity contribution is -0.684. The maximum atomic E-state index is 12.1. The zero-order valence-corrected chi connectivity index (χ0v) is 18.8. The van der Waals surface area contributed by atoms with Crippen molar-refractivity contribution in [2.45, 2.75) is 103 Å². The van der Waals surface area contributed by atoms with Crippen molar-refractivity contribution in [1.82, 2.24) is 5.32 Å². The Morgan fingerprint density at radius 2 is 1.50 bits per heavy atom. The van der Waals surface area contributed by atoms with Gasteiger partial charge >= 0.3 is 0 Å². The van der Waals surface area contributed by atoms with E-state index in [1.165, 1.54) is 64.2 Å². The van der Waals surface area contributed by atoms with E-state index in [0.29, 0.717) is 0 Å². The number of hydrogen-bond donors (Lipinski definition) is 3. The van der Waals surface area contributed by atoms with Crippen molar-refractivity contribution in [1.29, 1.82) is 0 Å². The summed E-state index contributed by atoms with van der Waals surface area (Å²) < 4.78 is 1.75. The third kappa shape index (κ3) is 13.5. The Kier molecular flexibility index (Phi) is 15.9. The normalized spacial score (nSPS) is 13.4. The molecule has 0 fully saturated rings. The van der Waals surface area contributed by atoms with E-state index in [0.717, 1.165) is 12.8 Å². The van der Waals surface area contributed by atoms with Crippen LogP contribution in [-0.4, -0.2) is 34.9 Å². The second-order valence-electron chi connectivity index (χ2n) is 8.15. The van der Waals surface area contributed by atoms with Gasteiger partial charge in [-0.05, 0) is 12.8 Å². The van der Waals surface area contributed by atoms with Crippen LogP contribution in [0.4, 0.5) is 0 Å². The van der Waals surface area contributed by atoms with Gasteiger partial charge in [-0.2, -0.15) is 4.57 Å². The summed E-state index contributed by atoms with van der Waals surface area (Å²) in [6.07, 6.45) is 21.8. The highest BCUT2D eigenvalue weighted by Gasteiger charge is 2.20. The number of carbonyl (C=O) groups excluding carboxylic acids is 1. The molecule has 1 aromatic rings. The van der Waals surface area contributed by atoms with Gasteiger partial charge in [0.05, 0.1) is 18.8 Å². The van der Waals surface area contributed by atoms with Crippen molar-refractivity contribution in [3.63, 3.8) is 0 Å². The fourth-order valence-corrected chi connectivity index (χ4v) is 3.49. The largest absolute Gasteiger partial charge is 0.394 e. The maximum Gasteiger partial charge on any atom is 0.286 e. The van der Waals surface area contributed by atoms with Crippen LogP contribution in [0.3, 0.4) is 0 Å². The molecule has 0 spiro atoms. The minimum absolute atomic E-state index is 0.159. The molecule has 1 amide bonds. The van der Waals surface area contributed by atoms with Crippen LogP contribution in [0.5, 0.6) is 0 Å². The van der Waals surface area contributed by atoms with E-state index in [1.807, 2.05) is 24.3 Å². The van der Waals surface area contributed by atoms with Crippen molar-refractivity contribution in [2.75, 3.05) is 6.61 Å². The fraction of sp³-hybridized carbons (Fsp3) is 0.680. The summed E-state index contributed by atoms with van der Waals surface area (Å²) in [5.74, 6) is -0.233. The number of unbranched alkanes of at least 4 members (excludes halogenated alkanes) is 11. The molecule has 1 heterocycles. The van der Waals surface area contributed by atoms with Gasteiger partial charge < -0.3 is 15.5 Å². The molecule has 0 aliphatic heterocycles. The molecule has 1 rings (SSSR count). The van der Waals surface area contributed by atoms with Crippen molar-refractivity contribution >= 4 is 5.91 Å². The average molecular weight is 420 g/mol. The maximum absolute atomic E-state index is 12.1. The molecule has 0 bridgehead atoms. The van der Waals surface area contributed by atoms with Gasteiger partial charge in [-0.15, -0.1) is 0 Å². The Bertz CT molecular complexity index is 563. The zero-order valence-electron chi connectivity index (χ0n) is 18.8. The van der Waals surface area contributed by atoms with Crippen molar-refractivity contribution in [3.8, 4) is 0 Å². The number of aromatic nitrogens is 1. The minimum Gasteiger partial charge on any atom is -0.394 e. The van der Waals surface area contributed by atoms with Gasteiger partial charge in [0.2, 0.25) is 6.54 Å². The van der Waals surface area contributed by atoms with E-state index in [4.69, 9.17) is 0 Å². The van der Waals surface area contributed by atoms with Crippen molar-refractivity contribution < 1.29 is 19.6 Å². The lowest BCUT2D eigenvalue weighted by atomic mass is 10.0. The van der Waals surface area contributed by atoms with Crippen LogP contribution in [0.15, 0.2) is 42.7 Å². The van der Waals surface area contributed by atoms with Crippen molar-refractivity contribution in [2.24, 2.45) is 0 Å². The number of rotatable bonds is 18. The van der Waals surface area contributed by atoms with E-state index in [-0.39, 0.29) is 19.1 Å². The predicted molar refractivity (Wildman–Crippen MR) is 122 cm³/mol. The smallest absolute Gasteiger partial charge is 0.286 e. The summed E-state index contributed by atoms with van der Waals surface area (Å²) in [6, 6.07) is 4.90. The highest BCUT2D eigenvalue weighted by atomic mass is 16.3. The number of nitrogens with one attached hydrogen (secondary N) is 1. The van der Waals surface area contributed by atoms with Gasteiger partial charge in [-0.1, -0.05) is 89.4 Å². The topological polar surface area (TPSA) is 73.4 Å². The summed E-state index contributed by atoms with van der Waals surface area (Å²) in [5, 5.41) is 22.4. The Labute approximate surface area is 183 Å². The summed E-state index contributed by atoms with van der Waals surface area (Å²) >= 11 is 0. The first-order chi connectivity index (χ1) is 14.7. The number of carbonyl (C=O) groups is 1. The third-order valence-electron chi connectivity index (χ3n) is 5.37. The zero-order chi connectivity index (χ0) is 21.9. The summed E-state index contributed by atoms with van der Waals surface area (Å²) in [7, 11) is 0. The van der Waals surface area contributed by atoms with E-state index >= 15 is 0 Å². The molecule has 0 aliphatic rings. The van der Waals surface area contributed by atoms with E-state index in [9.17, 15) is 15.0 Å². The average Bonchev–Trinajstić information content (AvgIpc) is 2.75. The SMILES string of the molecule is CCCCCCCCCCCCC/C=C/[C@H](O)[C@@H](CO)NC(=O)C[n+]1ccccc1. The Hall–Kier alpha value is -1.72. The van der Waals surface area contributed by atoms with Gasteiger partial charge in [0, 0.05) is 12.1 Å². The van der Waals surface area contributed by atoms with E-state index in [2.05, 4.69) is 12.2 Å². The monoisotopic (exact) mass is 419 g/mol. The fourth-order valence-electron chi connectivity index (χ4n) is 3.49. The standard InChI is InChI=1S/C25H42N2O3/c1-2-3-4-5-6-7-8-9-10-11-12-13-15-18-24(29)23(22-28)26-25(30)21-27-19-16-14-17-20-27/h14-20,23-24,28-29H,2-13,21-22H2,1H3/p+1/b18-15+/t23-,24+/m1/s1. The Balaban J connectivity index is 2.08. The highest BCUT2D eigenvalue weighted by molar-refractivity contribution is 5.74. The van der Waals surface area contributed by atoms with Crippen LogP contribution in [0, 0.1) is 0 Å². The molecule has 30 heavy (non-hydrogen) atoms. The highest BCUT2D eigenvalue weighted by Crippen LogP contribution is 2.12. The quantitative estimate of drug-likeness (QED) is 0.191. The van der Waals surface area contributed by atoms with Crippen LogP contribution in [0.2, 0.25) is 0 Å². The number of aliphatic hydroxyl groups excluding tert-OH is 2. The summed E-state index contributed by atoms with van der Waals surface area (Å²) in [4.78, 5) is 12.1. The van der Waals surface area contributed by atoms with Crippen LogP contribution < -0.4 is 9.88 Å². The molecule has 2 atom stereocenters. The number of pyridine rings is 1. The number of hydrogen-bond acceptors (Lipinski definition) is 3. The van der Waals surface area contributed by atoms with Gasteiger partial charge in [0.15, 0.2) is 12.4 Å². The summed E-state index contributed by atoms with van der Waals surface area (Å²) in [6.45, 7) is 2.12. The third-order valence-corrected chi connectivity index (χ3v) is 5.37. The lowest BCUT2D eigenvalue weighted by Gasteiger charge is -2.19. The molecular weight excluding hydrogens is 376 g/mol. The first-order valence-corrected chi connectivity index (χ1v) is 11.9. The molecule has 0 radical (unpaired) electrons. The molecule has 0 saturated heterocycles. The molecular formula is C25H43N2O3+. The first-order valence-electron chi connectivity index (χ1n) is 11.9.